The van der Waals surface area contributed by atoms with Crippen molar-refractivity contribution in [2.75, 3.05) is 32.3 Å². The normalized spacial score (nSPS) is 13.2. The van der Waals surface area contributed by atoms with Crippen molar-refractivity contribution in [1.29, 1.82) is 0 Å². The molecule has 2 nitrogen and oxygen atoms in total. The lowest BCUT2D eigenvalue weighted by Crippen LogP contribution is -2.35. The standard InChI is InChI=1S/C11H26N2S2/c1-10(2,14-6)8-13-9-15-11(3,4)7-12-5/h12-13H,7-9H2,1-6H3. The first-order valence-corrected chi connectivity index (χ1v) is 7.58. The summed E-state index contributed by atoms with van der Waals surface area (Å²) in [5.41, 5.74) is 0. The first kappa shape index (κ1) is 15.6. The third kappa shape index (κ3) is 8.43. The van der Waals surface area contributed by atoms with Gasteiger partial charge in [0.1, 0.15) is 0 Å². The van der Waals surface area contributed by atoms with Crippen LogP contribution in [0.2, 0.25) is 0 Å². The van der Waals surface area contributed by atoms with E-state index >= 15 is 0 Å². The molecule has 0 heterocycles. The van der Waals surface area contributed by atoms with Crippen molar-refractivity contribution in [1.82, 2.24) is 10.6 Å². The van der Waals surface area contributed by atoms with Gasteiger partial charge in [-0.2, -0.15) is 11.8 Å². The molecule has 0 aromatic carbocycles. The highest BCUT2D eigenvalue weighted by atomic mass is 32.2. The Hall–Kier alpha value is 0.620. The van der Waals surface area contributed by atoms with Gasteiger partial charge >= 0.3 is 0 Å². The number of nitrogens with one attached hydrogen (secondary N) is 2. The number of thioether (sulfide) groups is 2. The van der Waals surface area contributed by atoms with Crippen LogP contribution < -0.4 is 10.6 Å². The second-order valence-corrected chi connectivity index (χ2v) is 8.17. The smallest absolute Gasteiger partial charge is 0.0424 e. The lowest BCUT2D eigenvalue weighted by atomic mass is 10.2. The summed E-state index contributed by atoms with van der Waals surface area (Å²) in [5, 5.41) is 6.73. The van der Waals surface area contributed by atoms with E-state index in [9.17, 15) is 0 Å². The van der Waals surface area contributed by atoms with Crippen LogP contribution >= 0.6 is 23.5 Å². The fraction of sp³-hybridized carbons (Fsp3) is 1.00. The molecule has 92 valence electrons. The third-order valence-electron chi connectivity index (χ3n) is 2.27. The molecule has 0 bridgehead atoms. The number of hydrogen-bond acceptors (Lipinski definition) is 4. The van der Waals surface area contributed by atoms with Gasteiger partial charge in [0.2, 0.25) is 0 Å². The van der Waals surface area contributed by atoms with E-state index in [0.29, 0.717) is 9.49 Å². The fourth-order valence-corrected chi connectivity index (χ4v) is 2.24. The molecule has 15 heavy (non-hydrogen) atoms. The van der Waals surface area contributed by atoms with Crippen molar-refractivity contribution in [2.45, 2.75) is 37.2 Å². The third-order valence-corrected chi connectivity index (χ3v) is 4.79. The fourth-order valence-electron chi connectivity index (χ4n) is 1.15. The zero-order chi connectivity index (χ0) is 11.9. The maximum atomic E-state index is 3.51. The molecule has 0 radical (unpaired) electrons. The summed E-state index contributed by atoms with van der Waals surface area (Å²) in [6.45, 7) is 11.2. The topological polar surface area (TPSA) is 24.1 Å². The molecular formula is C11H26N2S2. The second-order valence-electron chi connectivity index (χ2n) is 4.97. The van der Waals surface area contributed by atoms with Crippen molar-refractivity contribution in [3.05, 3.63) is 0 Å². The molecule has 0 atom stereocenters. The Labute approximate surface area is 104 Å². The Morgan fingerprint density at radius 2 is 1.60 bits per heavy atom. The highest BCUT2D eigenvalue weighted by molar-refractivity contribution is 8.00. The molecule has 0 saturated heterocycles. The summed E-state index contributed by atoms with van der Waals surface area (Å²) in [6, 6.07) is 0. The summed E-state index contributed by atoms with van der Waals surface area (Å²) in [6.07, 6.45) is 2.17. The predicted molar refractivity (Wildman–Crippen MR) is 76.1 cm³/mol. The summed E-state index contributed by atoms with van der Waals surface area (Å²) >= 11 is 3.88. The lowest BCUT2D eigenvalue weighted by molar-refractivity contribution is 0.620. The molecule has 0 amide bonds. The van der Waals surface area contributed by atoms with E-state index in [2.05, 4.69) is 44.6 Å². The SMILES string of the molecule is CNCC(C)(C)SCNCC(C)(C)SC. The molecule has 0 aliphatic heterocycles. The summed E-state index contributed by atoms with van der Waals surface area (Å²) in [5.74, 6) is 1.03. The van der Waals surface area contributed by atoms with Gasteiger partial charge in [-0.1, -0.05) is 0 Å². The molecule has 0 aromatic rings. The predicted octanol–water partition coefficient (Wildman–Crippen LogP) is 2.41. The van der Waals surface area contributed by atoms with Gasteiger partial charge in [0.25, 0.3) is 0 Å². The Kier molecular flexibility index (Phi) is 7.34. The summed E-state index contributed by atoms with van der Waals surface area (Å²) in [4.78, 5) is 0. The molecule has 0 aromatic heterocycles. The molecule has 2 N–H and O–H groups in total. The van der Waals surface area contributed by atoms with E-state index in [-0.39, 0.29) is 0 Å². The maximum absolute atomic E-state index is 3.51. The Balaban J connectivity index is 3.62. The Morgan fingerprint density at radius 1 is 1.00 bits per heavy atom. The van der Waals surface area contributed by atoms with Gasteiger partial charge in [0.05, 0.1) is 0 Å². The average molecular weight is 250 g/mol. The molecule has 4 heteroatoms. The zero-order valence-electron chi connectivity index (χ0n) is 10.9. The van der Waals surface area contributed by atoms with E-state index in [1.165, 1.54) is 0 Å². The molecule has 0 rings (SSSR count). The lowest BCUT2D eigenvalue weighted by Gasteiger charge is -2.26. The number of hydrogen-bond donors (Lipinski definition) is 2. The minimum atomic E-state index is 0.311. The van der Waals surface area contributed by atoms with Gasteiger partial charge in [0, 0.05) is 28.5 Å². The Bertz CT molecular complexity index is 170. The average Bonchev–Trinajstić information content (AvgIpc) is 2.13. The van der Waals surface area contributed by atoms with Crippen molar-refractivity contribution in [2.24, 2.45) is 0 Å². The quantitative estimate of drug-likeness (QED) is 0.510. The van der Waals surface area contributed by atoms with Gasteiger partial charge in [-0.3, -0.25) is 0 Å². The van der Waals surface area contributed by atoms with E-state index in [4.69, 9.17) is 0 Å². The Morgan fingerprint density at radius 3 is 2.07 bits per heavy atom. The summed E-state index contributed by atoms with van der Waals surface area (Å²) < 4.78 is 0.652. The van der Waals surface area contributed by atoms with Crippen LogP contribution in [0.5, 0.6) is 0 Å². The van der Waals surface area contributed by atoms with Gasteiger partial charge in [-0.25, -0.2) is 0 Å². The van der Waals surface area contributed by atoms with E-state index < -0.39 is 0 Å². The van der Waals surface area contributed by atoms with Gasteiger partial charge < -0.3 is 10.6 Å². The van der Waals surface area contributed by atoms with Crippen LogP contribution in [-0.2, 0) is 0 Å². The molecule has 0 fully saturated rings. The van der Waals surface area contributed by atoms with Crippen LogP contribution in [0.15, 0.2) is 0 Å². The highest BCUT2D eigenvalue weighted by Gasteiger charge is 2.18. The maximum Gasteiger partial charge on any atom is 0.0424 e. The highest BCUT2D eigenvalue weighted by Crippen LogP contribution is 2.23. The van der Waals surface area contributed by atoms with E-state index in [1.807, 2.05) is 30.6 Å². The minimum Gasteiger partial charge on any atom is -0.318 e. The number of rotatable bonds is 8. The monoisotopic (exact) mass is 250 g/mol. The van der Waals surface area contributed by atoms with Crippen molar-refractivity contribution >= 4 is 23.5 Å². The van der Waals surface area contributed by atoms with Crippen LogP contribution in [0.1, 0.15) is 27.7 Å². The molecular weight excluding hydrogens is 224 g/mol. The van der Waals surface area contributed by atoms with E-state index in [0.717, 1.165) is 19.0 Å². The first-order valence-electron chi connectivity index (χ1n) is 5.37. The largest absolute Gasteiger partial charge is 0.318 e. The first-order chi connectivity index (χ1) is 6.83. The van der Waals surface area contributed by atoms with Crippen molar-refractivity contribution in [3.8, 4) is 0 Å². The van der Waals surface area contributed by atoms with Crippen LogP contribution in [-0.4, -0.2) is 41.8 Å². The molecule has 0 aliphatic rings. The van der Waals surface area contributed by atoms with Crippen LogP contribution in [0.3, 0.4) is 0 Å². The molecule has 0 saturated carbocycles. The van der Waals surface area contributed by atoms with Crippen molar-refractivity contribution < 1.29 is 0 Å². The molecule has 0 unspecified atom stereocenters. The molecule has 0 aliphatic carbocycles. The van der Waals surface area contributed by atoms with Crippen LogP contribution in [0.25, 0.3) is 0 Å². The molecule has 0 spiro atoms. The second kappa shape index (κ2) is 7.05. The van der Waals surface area contributed by atoms with Gasteiger partial charge in [-0.15, -0.1) is 11.8 Å². The van der Waals surface area contributed by atoms with Gasteiger partial charge in [-0.05, 0) is 41.0 Å². The summed E-state index contributed by atoms with van der Waals surface area (Å²) in [7, 11) is 2.01. The minimum absolute atomic E-state index is 0.311. The van der Waals surface area contributed by atoms with Crippen LogP contribution in [0.4, 0.5) is 0 Å². The zero-order valence-corrected chi connectivity index (χ0v) is 12.6. The van der Waals surface area contributed by atoms with Crippen LogP contribution in [0, 0.1) is 0 Å². The van der Waals surface area contributed by atoms with E-state index in [1.54, 1.807) is 0 Å². The van der Waals surface area contributed by atoms with Gasteiger partial charge in [0.15, 0.2) is 0 Å². The van der Waals surface area contributed by atoms with Crippen molar-refractivity contribution in [3.63, 3.8) is 0 Å².